The summed E-state index contributed by atoms with van der Waals surface area (Å²) in [6, 6.07) is 14.9. The monoisotopic (exact) mass is 433 g/mol. The normalized spacial score (nSPS) is 13.7. The van der Waals surface area contributed by atoms with E-state index in [1.807, 2.05) is 41.3 Å². The van der Waals surface area contributed by atoms with E-state index in [0.717, 1.165) is 40.9 Å². The van der Waals surface area contributed by atoms with E-state index < -0.39 is 0 Å². The number of hydrogen-bond acceptors (Lipinski definition) is 4. The lowest BCUT2D eigenvalue weighted by molar-refractivity contribution is -0.127. The van der Waals surface area contributed by atoms with E-state index in [1.165, 1.54) is 11.8 Å². The fraction of sp³-hybridized carbons (Fsp3) is 0.300. The molecule has 2 aromatic carbocycles. The van der Waals surface area contributed by atoms with E-state index in [1.54, 1.807) is 12.1 Å². The Morgan fingerprint density at radius 2 is 1.73 bits per heavy atom. The van der Waals surface area contributed by atoms with Crippen LogP contribution in [0.15, 0.2) is 57.9 Å². The Hall–Kier alpha value is -1.79. The minimum absolute atomic E-state index is 0.129. The zero-order valence-corrected chi connectivity index (χ0v) is 16.7. The summed E-state index contributed by atoms with van der Waals surface area (Å²) < 4.78 is 6.37. The molecule has 3 rings (SSSR count). The van der Waals surface area contributed by atoms with Crippen LogP contribution in [-0.2, 0) is 16.1 Å². The molecule has 1 heterocycles. The van der Waals surface area contributed by atoms with Crippen molar-refractivity contribution in [1.29, 1.82) is 0 Å². The van der Waals surface area contributed by atoms with Gasteiger partial charge in [-0.3, -0.25) is 4.79 Å². The number of esters is 1. The highest BCUT2D eigenvalue weighted by Gasteiger charge is 2.19. The Morgan fingerprint density at radius 3 is 2.50 bits per heavy atom. The third-order valence-electron chi connectivity index (χ3n) is 4.23. The quantitative estimate of drug-likeness (QED) is 0.496. The number of carbonyl (C=O) groups is 2. The van der Waals surface area contributed by atoms with Gasteiger partial charge in [-0.2, -0.15) is 0 Å². The fourth-order valence-electron chi connectivity index (χ4n) is 2.79. The molecule has 0 aromatic heterocycles. The molecule has 0 aliphatic carbocycles. The van der Waals surface area contributed by atoms with Gasteiger partial charge in [0.1, 0.15) is 6.61 Å². The molecule has 1 aliphatic heterocycles. The van der Waals surface area contributed by atoms with Crippen LogP contribution in [0.25, 0.3) is 0 Å². The van der Waals surface area contributed by atoms with Crippen molar-refractivity contribution in [3.8, 4) is 0 Å². The minimum Gasteiger partial charge on any atom is -0.457 e. The molecule has 0 unspecified atom stereocenters. The third-order valence-corrected chi connectivity index (χ3v) is 6.07. The number of amides is 1. The van der Waals surface area contributed by atoms with Crippen LogP contribution < -0.4 is 0 Å². The molecule has 0 N–H and O–H groups in total. The lowest BCUT2D eigenvalue weighted by Gasteiger charge is -2.15. The van der Waals surface area contributed by atoms with Crippen molar-refractivity contribution in [3.63, 3.8) is 0 Å². The smallest absolute Gasteiger partial charge is 0.339 e. The van der Waals surface area contributed by atoms with Crippen LogP contribution in [0.4, 0.5) is 0 Å². The number of benzene rings is 2. The Morgan fingerprint density at radius 1 is 1.04 bits per heavy atom. The molecule has 6 heteroatoms. The van der Waals surface area contributed by atoms with Gasteiger partial charge in [-0.25, -0.2) is 4.79 Å². The first kappa shape index (κ1) is 19.0. The number of carbonyl (C=O) groups excluding carboxylic acids is 2. The van der Waals surface area contributed by atoms with Crippen LogP contribution in [0.5, 0.6) is 0 Å². The van der Waals surface area contributed by atoms with Crippen molar-refractivity contribution < 1.29 is 14.3 Å². The van der Waals surface area contributed by atoms with Crippen molar-refractivity contribution >= 4 is 39.6 Å². The van der Waals surface area contributed by atoms with Crippen LogP contribution >= 0.6 is 27.7 Å². The predicted molar refractivity (Wildman–Crippen MR) is 106 cm³/mol. The van der Waals surface area contributed by atoms with Crippen molar-refractivity contribution in [3.05, 3.63) is 64.1 Å². The number of ether oxygens (including phenoxy) is 1. The van der Waals surface area contributed by atoms with Gasteiger partial charge in [-0.05, 0) is 31.0 Å². The Balaban J connectivity index is 1.61. The highest BCUT2D eigenvalue weighted by molar-refractivity contribution is 9.10. The molecule has 1 amide bonds. The zero-order chi connectivity index (χ0) is 18.4. The van der Waals surface area contributed by atoms with Gasteiger partial charge in [0.2, 0.25) is 5.91 Å². The Labute approximate surface area is 166 Å². The fourth-order valence-corrected chi connectivity index (χ4v) is 4.14. The van der Waals surface area contributed by atoms with Gasteiger partial charge in [-0.15, -0.1) is 11.8 Å². The maximum atomic E-state index is 12.5. The lowest BCUT2D eigenvalue weighted by atomic mass is 10.2. The molecule has 0 atom stereocenters. The summed E-state index contributed by atoms with van der Waals surface area (Å²) in [6.45, 7) is 1.88. The molecule has 26 heavy (non-hydrogen) atoms. The summed E-state index contributed by atoms with van der Waals surface area (Å²) in [4.78, 5) is 27.4. The van der Waals surface area contributed by atoms with Crippen molar-refractivity contribution in [2.75, 3.05) is 18.8 Å². The Kier molecular flexibility index (Phi) is 6.74. The van der Waals surface area contributed by atoms with Gasteiger partial charge < -0.3 is 9.64 Å². The zero-order valence-electron chi connectivity index (χ0n) is 14.3. The second-order valence-corrected chi connectivity index (χ2v) is 7.91. The molecule has 4 nitrogen and oxygen atoms in total. The topological polar surface area (TPSA) is 46.6 Å². The third kappa shape index (κ3) is 4.89. The van der Waals surface area contributed by atoms with Crippen LogP contribution in [-0.4, -0.2) is 35.6 Å². The summed E-state index contributed by atoms with van der Waals surface area (Å²) in [7, 11) is 0. The van der Waals surface area contributed by atoms with Crippen molar-refractivity contribution in [1.82, 2.24) is 4.90 Å². The molecule has 0 bridgehead atoms. The average molecular weight is 434 g/mol. The number of likely N-dealkylation sites (tertiary alicyclic amines) is 1. The first-order valence-corrected chi connectivity index (χ1v) is 10.3. The maximum absolute atomic E-state index is 12.5. The second kappa shape index (κ2) is 9.24. The highest BCUT2D eigenvalue weighted by Crippen LogP contribution is 2.25. The lowest BCUT2D eigenvalue weighted by Crippen LogP contribution is -2.29. The molecule has 1 aliphatic rings. The largest absolute Gasteiger partial charge is 0.457 e. The van der Waals surface area contributed by atoms with E-state index in [-0.39, 0.29) is 18.5 Å². The van der Waals surface area contributed by atoms with E-state index in [2.05, 4.69) is 15.9 Å². The number of nitrogens with zero attached hydrogens (tertiary/aromatic N) is 1. The van der Waals surface area contributed by atoms with E-state index >= 15 is 0 Å². The van der Waals surface area contributed by atoms with Crippen LogP contribution in [0.1, 0.15) is 28.8 Å². The summed E-state index contributed by atoms with van der Waals surface area (Å²) in [5.41, 5.74) is 1.41. The summed E-state index contributed by atoms with van der Waals surface area (Å²) in [5.74, 6) is 0.0931. The highest BCUT2D eigenvalue weighted by atomic mass is 79.9. The molecule has 0 radical (unpaired) electrons. The minimum atomic E-state index is -0.377. The van der Waals surface area contributed by atoms with Gasteiger partial charge in [0.15, 0.2) is 0 Å². The predicted octanol–water partition coefficient (Wildman–Crippen LogP) is 4.52. The number of thioether (sulfide) groups is 1. The van der Waals surface area contributed by atoms with Gasteiger partial charge in [0.25, 0.3) is 0 Å². The molecule has 0 spiro atoms. The van der Waals surface area contributed by atoms with Gasteiger partial charge >= 0.3 is 5.97 Å². The molecule has 1 saturated heterocycles. The first-order chi connectivity index (χ1) is 12.6. The van der Waals surface area contributed by atoms with Crippen molar-refractivity contribution in [2.24, 2.45) is 0 Å². The van der Waals surface area contributed by atoms with E-state index in [0.29, 0.717) is 11.3 Å². The average Bonchev–Trinajstić information content (AvgIpc) is 3.20. The standard InChI is InChI=1S/C20H20BrNO3S/c21-17-9-3-1-7-15(17)13-25-20(24)16-8-2-4-10-18(16)26-14-19(23)22-11-5-6-12-22/h1-4,7-10H,5-6,11-14H2. The summed E-state index contributed by atoms with van der Waals surface area (Å²) >= 11 is 4.85. The van der Waals surface area contributed by atoms with Gasteiger partial charge in [0.05, 0.1) is 11.3 Å². The first-order valence-electron chi connectivity index (χ1n) is 8.55. The summed E-state index contributed by atoms with van der Waals surface area (Å²) in [5, 5.41) is 0. The molecule has 2 aromatic rings. The van der Waals surface area contributed by atoms with Crippen LogP contribution in [0.3, 0.4) is 0 Å². The van der Waals surface area contributed by atoms with E-state index in [4.69, 9.17) is 4.74 Å². The van der Waals surface area contributed by atoms with Gasteiger partial charge in [-0.1, -0.05) is 46.3 Å². The SMILES string of the molecule is O=C(OCc1ccccc1Br)c1ccccc1SCC(=O)N1CCCC1. The number of hydrogen-bond donors (Lipinski definition) is 0. The summed E-state index contributed by atoms with van der Waals surface area (Å²) in [6.07, 6.45) is 2.16. The molecule has 136 valence electrons. The van der Waals surface area contributed by atoms with E-state index in [9.17, 15) is 9.59 Å². The second-order valence-electron chi connectivity index (χ2n) is 6.04. The molecule has 1 fully saturated rings. The molecule has 0 saturated carbocycles. The van der Waals surface area contributed by atoms with Crippen molar-refractivity contribution in [2.45, 2.75) is 24.3 Å². The molecular weight excluding hydrogens is 414 g/mol. The maximum Gasteiger partial charge on any atom is 0.339 e. The molecular formula is C20H20BrNO3S. The van der Waals surface area contributed by atoms with Crippen LogP contribution in [0, 0.1) is 0 Å². The number of rotatable bonds is 6. The Bertz CT molecular complexity index is 790. The van der Waals surface area contributed by atoms with Crippen LogP contribution in [0.2, 0.25) is 0 Å². The number of halogens is 1. The van der Waals surface area contributed by atoms with Gasteiger partial charge in [0, 0.05) is 28.0 Å².